The average molecular weight is 278 g/mol. The number of pyridine rings is 1. The van der Waals surface area contributed by atoms with Crippen LogP contribution in [0, 0.1) is 6.92 Å². The van der Waals surface area contributed by atoms with Crippen LogP contribution in [0.2, 0.25) is 5.28 Å². The van der Waals surface area contributed by atoms with Crippen molar-refractivity contribution in [1.29, 1.82) is 0 Å². The van der Waals surface area contributed by atoms with E-state index in [-0.39, 0.29) is 5.28 Å². The fourth-order valence-corrected chi connectivity index (χ4v) is 1.87. The first-order valence-electron chi connectivity index (χ1n) is 6.23. The lowest BCUT2D eigenvalue weighted by atomic mass is 10.2. The Morgan fingerprint density at radius 2 is 1.84 bits per heavy atom. The molecule has 0 aromatic carbocycles. The van der Waals surface area contributed by atoms with Crippen LogP contribution in [0.25, 0.3) is 11.4 Å². The Bertz CT molecular complexity index is 551. The van der Waals surface area contributed by atoms with E-state index in [9.17, 15) is 0 Å². The van der Waals surface area contributed by atoms with Gasteiger partial charge in [0.1, 0.15) is 0 Å². The molecule has 0 N–H and O–H groups in total. The SMILES string of the molecule is CCN(CC)c1nc(Cl)nc(-c2ccc(C)nc2)n1. The van der Waals surface area contributed by atoms with Crippen molar-refractivity contribution < 1.29 is 0 Å². The minimum atomic E-state index is 0.201. The normalized spacial score (nSPS) is 10.5. The van der Waals surface area contributed by atoms with E-state index in [1.807, 2.05) is 37.8 Å². The summed E-state index contributed by atoms with van der Waals surface area (Å²) in [7, 11) is 0. The summed E-state index contributed by atoms with van der Waals surface area (Å²) >= 11 is 5.98. The number of aryl methyl sites for hydroxylation is 1. The van der Waals surface area contributed by atoms with Gasteiger partial charge in [-0.1, -0.05) is 0 Å². The molecule has 0 bridgehead atoms. The van der Waals surface area contributed by atoms with E-state index in [1.54, 1.807) is 6.20 Å². The molecule has 0 spiro atoms. The number of anilines is 1. The maximum atomic E-state index is 5.98. The molecule has 0 unspecified atom stereocenters. The van der Waals surface area contributed by atoms with Crippen molar-refractivity contribution >= 4 is 17.5 Å². The van der Waals surface area contributed by atoms with Crippen LogP contribution >= 0.6 is 11.6 Å². The van der Waals surface area contributed by atoms with Crippen molar-refractivity contribution in [2.75, 3.05) is 18.0 Å². The van der Waals surface area contributed by atoms with Gasteiger partial charge in [0.2, 0.25) is 11.2 Å². The lowest BCUT2D eigenvalue weighted by molar-refractivity contribution is 0.813. The number of aromatic nitrogens is 4. The second-order valence-corrected chi connectivity index (χ2v) is 4.43. The summed E-state index contributed by atoms with van der Waals surface area (Å²) in [5.41, 5.74) is 1.79. The van der Waals surface area contributed by atoms with E-state index < -0.39 is 0 Å². The molecule has 0 amide bonds. The largest absolute Gasteiger partial charge is 0.341 e. The highest BCUT2D eigenvalue weighted by molar-refractivity contribution is 6.28. The third-order valence-electron chi connectivity index (χ3n) is 2.81. The Morgan fingerprint density at radius 3 is 2.42 bits per heavy atom. The molecule has 0 fully saturated rings. The first kappa shape index (κ1) is 13.7. The summed E-state index contributed by atoms with van der Waals surface area (Å²) < 4.78 is 0. The maximum Gasteiger partial charge on any atom is 0.230 e. The van der Waals surface area contributed by atoms with Crippen LogP contribution in [0.15, 0.2) is 18.3 Å². The van der Waals surface area contributed by atoms with Crippen molar-refractivity contribution in [3.05, 3.63) is 29.3 Å². The Morgan fingerprint density at radius 1 is 1.11 bits per heavy atom. The lowest BCUT2D eigenvalue weighted by Crippen LogP contribution is -2.24. The second-order valence-electron chi connectivity index (χ2n) is 4.09. The second kappa shape index (κ2) is 5.93. The van der Waals surface area contributed by atoms with Gasteiger partial charge in [0.05, 0.1) is 0 Å². The number of hydrogen-bond acceptors (Lipinski definition) is 5. The van der Waals surface area contributed by atoms with Gasteiger partial charge in [0.25, 0.3) is 0 Å². The molecular formula is C13H16ClN5. The Labute approximate surface area is 117 Å². The zero-order valence-electron chi connectivity index (χ0n) is 11.3. The molecule has 19 heavy (non-hydrogen) atoms. The highest BCUT2D eigenvalue weighted by atomic mass is 35.5. The van der Waals surface area contributed by atoms with Gasteiger partial charge in [-0.25, -0.2) is 0 Å². The highest BCUT2D eigenvalue weighted by Gasteiger charge is 2.11. The summed E-state index contributed by atoms with van der Waals surface area (Å²) in [6, 6.07) is 3.85. The van der Waals surface area contributed by atoms with Crippen molar-refractivity contribution in [3.63, 3.8) is 0 Å². The number of hydrogen-bond donors (Lipinski definition) is 0. The van der Waals surface area contributed by atoms with Crippen LogP contribution in [-0.2, 0) is 0 Å². The van der Waals surface area contributed by atoms with E-state index in [1.165, 1.54) is 0 Å². The van der Waals surface area contributed by atoms with Crippen LogP contribution in [0.4, 0.5) is 5.95 Å². The summed E-state index contributed by atoms with van der Waals surface area (Å²) in [6.45, 7) is 7.68. The highest BCUT2D eigenvalue weighted by Crippen LogP contribution is 2.19. The first-order valence-corrected chi connectivity index (χ1v) is 6.61. The predicted molar refractivity (Wildman–Crippen MR) is 76.4 cm³/mol. The molecule has 2 heterocycles. The minimum Gasteiger partial charge on any atom is -0.341 e. The number of rotatable bonds is 4. The van der Waals surface area contributed by atoms with E-state index in [2.05, 4.69) is 19.9 Å². The van der Waals surface area contributed by atoms with Gasteiger partial charge in [0, 0.05) is 30.5 Å². The number of nitrogens with zero attached hydrogens (tertiary/aromatic N) is 5. The van der Waals surface area contributed by atoms with Crippen LogP contribution in [0.3, 0.4) is 0 Å². The molecule has 100 valence electrons. The molecule has 0 saturated heterocycles. The Hall–Kier alpha value is -1.75. The van der Waals surface area contributed by atoms with E-state index in [0.717, 1.165) is 24.3 Å². The van der Waals surface area contributed by atoms with Crippen molar-refractivity contribution in [2.45, 2.75) is 20.8 Å². The topological polar surface area (TPSA) is 54.8 Å². The van der Waals surface area contributed by atoms with Crippen LogP contribution in [0.1, 0.15) is 19.5 Å². The Balaban J connectivity index is 2.44. The van der Waals surface area contributed by atoms with Gasteiger partial charge in [-0.3, -0.25) is 4.98 Å². The third kappa shape index (κ3) is 3.17. The average Bonchev–Trinajstić information content (AvgIpc) is 2.40. The fraction of sp³-hybridized carbons (Fsp3) is 0.385. The summed E-state index contributed by atoms with van der Waals surface area (Å²) in [5, 5.41) is 0.201. The van der Waals surface area contributed by atoms with Crippen LogP contribution in [-0.4, -0.2) is 33.0 Å². The summed E-state index contributed by atoms with van der Waals surface area (Å²) in [4.78, 5) is 19.1. The molecule has 2 aromatic heterocycles. The molecule has 0 aliphatic carbocycles. The molecule has 0 saturated carbocycles. The number of halogens is 1. The smallest absolute Gasteiger partial charge is 0.230 e. The zero-order valence-corrected chi connectivity index (χ0v) is 12.0. The molecule has 5 nitrogen and oxygen atoms in total. The fourth-order valence-electron chi connectivity index (χ4n) is 1.72. The molecular weight excluding hydrogens is 262 g/mol. The van der Waals surface area contributed by atoms with Gasteiger partial charge in [-0.15, -0.1) is 0 Å². The van der Waals surface area contributed by atoms with Crippen molar-refractivity contribution in [2.24, 2.45) is 0 Å². The van der Waals surface area contributed by atoms with Gasteiger partial charge < -0.3 is 4.90 Å². The quantitative estimate of drug-likeness (QED) is 0.860. The van der Waals surface area contributed by atoms with Gasteiger partial charge in [-0.2, -0.15) is 15.0 Å². The van der Waals surface area contributed by atoms with Crippen molar-refractivity contribution in [3.8, 4) is 11.4 Å². The minimum absolute atomic E-state index is 0.201. The Kier molecular flexibility index (Phi) is 4.27. The van der Waals surface area contributed by atoms with Crippen LogP contribution < -0.4 is 4.90 Å². The molecule has 6 heteroatoms. The predicted octanol–water partition coefficient (Wildman–Crippen LogP) is 2.74. The zero-order chi connectivity index (χ0) is 13.8. The lowest BCUT2D eigenvalue weighted by Gasteiger charge is -2.18. The monoisotopic (exact) mass is 277 g/mol. The molecule has 0 aliphatic rings. The van der Waals surface area contributed by atoms with Crippen LogP contribution in [0.5, 0.6) is 0 Å². The third-order valence-corrected chi connectivity index (χ3v) is 2.98. The van der Waals surface area contributed by atoms with Gasteiger partial charge in [-0.05, 0) is 44.5 Å². The van der Waals surface area contributed by atoms with E-state index >= 15 is 0 Å². The van der Waals surface area contributed by atoms with Crippen molar-refractivity contribution in [1.82, 2.24) is 19.9 Å². The first-order chi connectivity index (χ1) is 9.13. The summed E-state index contributed by atoms with van der Waals surface area (Å²) in [6.07, 6.45) is 1.74. The molecule has 2 aromatic rings. The van der Waals surface area contributed by atoms with Gasteiger partial charge in [0.15, 0.2) is 5.82 Å². The standard InChI is InChI=1S/C13H16ClN5/c1-4-19(5-2)13-17-11(16-12(14)18-13)10-7-6-9(3)15-8-10/h6-8H,4-5H2,1-3H3. The van der Waals surface area contributed by atoms with E-state index in [0.29, 0.717) is 11.8 Å². The molecule has 2 rings (SSSR count). The molecule has 0 aliphatic heterocycles. The molecule has 0 atom stereocenters. The summed E-state index contributed by atoms with van der Waals surface area (Å²) in [5.74, 6) is 1.15. The maximum absolute atomic E-state index is 5.98. The van der Waals surface area contributed by atoms with E-state index in [4.69, 9.17) is 11.6 Å². The van der Waals surface area contributed by atoms with Gasteiger partial charge >= 0.3 is 0 Å². The molecule has 0 radical (unpaired) electrons.